The van der Waals surface area contributed by atoms with Gasteiger partial charge in [0.05, 0.1) is 6.54 Å². The fourth-order valence-corrected chi connectivity index (χ4v) is 4.18. The number of oxazole rings is 1. The summed E-state index contributed by atoms with van der Waals surface area (Å²) in [5.74, 6) is 1.22. The monoisotopic (exact) mass is 398 g/mol. The van der Waals surface area contributed by atoms with Crippen molar-refractivity contribution < 1.29 is 12.8 Å². The smallest absolute Gasteiger partial charge is 0.208 e. The first kappa shape index (κ1) is 18.6. The molecule has 1 aliphatic heterocycles. The third-order valence-corrected chi connectivity index (χ3v) is 5.92. The van der Waals surface area contributed by atoms with Crippen LogP contribution in [-0.4, -0.2) is 55.7 Å². The maximum Gasteiger partial charge on any atom is 0.208 e. The molecule has 1 aromatic carbocycles. The maximum atomic E-state index is 12.0. The quantitative estimate of drug-likeness (QED) is 0.653. The molecule has 146 valence electrons. The van der Waals surface area contributed by atoms with E-state index in [1.165, 1.54) is 6.26 Å². The molecule has 7 nitrogen and oxygen atoms in total. The van der Waals surface area contributed by atoms with Crippen LogP contribution in [0.5, 0.6) is 0 Å². The molecule has 0 saturated carbocycles. The van der Waals surface area contributed by atoms with Crippen molar-refractivity contribution >= 4 is 15.7 Å². The molecule has 28 heavy (non-hydrogen) atoms. The van der Waals surface area contributed by atoms with E-state index < -0.39 is 9.84 Å². The molecule has 3 aromatic rings. The van der Waals surface area contributed by atoms with Crippen molar-refractivity contribution in [1.29, 1.82) is 0 Å². The third kappa shape index (κ3) is 4.07. The number of aromatic nitrogens is 2. The Labute approximate surface area is 164 Å². The molecule has 0 aliphatic carbocycles. The van der Waals surface area contributed by atoms with Crippen LogP contribution < -0.4 is 4.90 Å². The normalized spacial score (nSPS) is 15.7. The number of rotatable bonds is 5. The second-order valence-corrected chi connectivity index (χ2v) is 8.84. The molecule has 8 heteroatoms. The van der Waals surface area contributed by atoms with E-state index in [1.54, 1.807) is 24.6 Å². The van der Waals surface area contributed by atoms with Crippen molar-refractivity contribution in [3.63, 3.8) is 0 Å². The van der Waals surface area contributed by atoms with Gasteiger partial charge in [-0.3, -0.25) is 4.90 Å². The van der Waals surface area contributed by atoms with E-state index in [1.807, 2.05) is 35.2 Å². The molecule has 2 aromatic heterocycles. The Hall–Kier alpha value is -2.71. The molecular formula is C20H22N4O3S. The second kappa shape index (κ2) is 7.73. The van der Waals surface area contributed by atoms with Crippen LogP contribution in [-0.2, 0) is 16.4 Å². The van der Waals surface area contributed by atoms with Crippen molar-refractivity contribution in [3.8, 4) is 11.3 Å². The van der Waals surface area contributed by atoms with Crippen LogP contribution in [0.15, 0.2) is 64.2 Å². The SMILES string of the molecule is CS(=O)(=O)c1cccnc1N1CCN(Cc2nc(-c3ccccc3)co2)CC1. The molecule has 0 radical (unpaired) electrons. The van der Waals surface area contributed by atoms with Crippen LogP contribution in [0.2, 0.25) is 0 Å². The minimum absolute atomic E-state index is 0.281. The van der Waals surface area contributed by atoms with E-state index in [0.717, 1.165) is 24.3 Å². The van der Waals surface area contributed by atoms with Gasteiger partial charge in [0.1, 0.15) is 22.7 Å². The lowest BCUT2D eigenvalue weighted by molar-refractivity contribution is 0.225. The molecule has 0 spiro atoms. The van der Waals surface area contributed by atoms with Gasteiger partial charge in [0.2, 0.25) is 5.89 Å². The Bertz CT molecular complexity index is 1040. The van der Waals surface area contributed by atoms with Crippen molar-refractivity contribution in [3.05, 3.63) is 60.8 Å². The predicted molar refractivity (Wildman–Crippen MR) is 107 cm³/mol. The molecule has 3 heterocycles. The number of hydrogen-bond acceptors (Lipinski definition) is 7. The first-order valence-electron chi connectivity index (χ1n) is 9.13. The van der Waals surface area contributed by atoms with Crippen molar-refractivity contribution in [2.24, 2.45) is 0 Å². The van der Waals surface area contributed by atoms with Gasteiger partial charge in [-0.1, -0.05) is 30.3 Å². The lowest BCUT2D eigenvalue weighted by Gasteiger charge is -2.35. The van der Waals surface area contributed by atoms with Crippen LogP contribution in [0.4, 0.5) is 5.82 Å². The van der Waals surface area contributed by atoms with Gasteiger partial charge in [0.25, 0.3) is 0 Å². The van der Waals surface area contributed by atoms with E-state index in [0.29, 0.717) is 31.3 Å². The average Bonchev–Trinajstić information content (AvgIpc) is 3.17. The van der Waals surface area contributed by atoms with Crippen LogP contribution in [0.25, 0.3) is 11.3 Å². The van der Waals surface area contributed by atoms with Crippen LogP contribution in [0.1, 0.15) is 5.89 Å². The number of sulfone groups is 1. The molecule has 0 amide bonds. The highest BCUT2D eigenvalue weighted by molar-refractivity contribution is 7.90. The zero-order valence-electron chi connectivity index (χ0n) is 15.7. The van der Waals surface area contributed by atoms with Gasteiger partial charge >= 0.3 is 0 Å². The average molecular weight is 398 g/mol. The Morgan fingerprint density at radius 3 is 2.50 bits per heavy atom. The number of anilines is 1. The Morgan fingerprint density at radius 1 is 1.04 bits per heavy atom. The van der Waals surface area contributed by atoms with Gasteiger partial charge in [-0.05, 0) is 12.1 Å². The summed E-state index contributed by atoms with van der Waals surface area (Å²) in [5.41, 5.74) is 1.87. The zero-order valence-corrected chi connectivity index (χ0v) is 16.5. The standard InChI is InChI=1S/C20H22N4O3S/c1-28(25,26)18-8-5-9-21-20(18)24-12-10-23(11-13-24)14-19-22-17(15-27-19)16-6-3-2-4-7-16/h2-9,15H,10-14H2,1H3. The van der Waals surface area contributed by atoms with E-state index in [9.17, 15) is 8.42 Å². The lowest BCUT2D eigenvalue weighted by atomic mass is 10.2. The molecular weight excluding hydrogens is 376 g/mol. The summed E-state index contributed by atoms with van der Waals surface area (Å²) < 4.78 is 29.7. The zero-order chi connectivity index (χ0) is 19.6. The lowest BCUT2D eigenvalue weighted by Crippen LogP contribution is -2.46. The number of nitrogens with zero attached hydrogens (tertiary/aromatic N) is 4. The highest BCUT2D eigenvalue weighted by atomic mass is 32.2. The first-order valence-corrected chi connectivity index (χ1v) is 11.0. The molecule has 1 fully saturated rings. The second-order valence-electron chi connectivity index (χ2n) is 6.85. The summed E-state index contributed by atoms with van der Waals surface area (Å²) >= 11 is 0. The van der Waals surface area contributed by atoms with Gasteiger partial charge in [-0.15, -0.1) is 0 Å². The first-order chi connectivity index (χ1) is 13.5. The van der Waals surface area contributed by atoms with E-state index in [4.69, 9.17) is 4.42 Å². The summed E-state index contributed by atoms with van der Waals surface area (Å²) in [4.78, 5) is 13.5. The molecule has 0 bridgehead atoms. The highest BCUT2D eigenvalue weighted by Gasteiger charge is 2.24. The van der Waals surface area contributed by atoms with Gasteiger partial charge in [-0.2, -0.15) is 0 Å². The molecule has 1 aliphatic rings. The molecule has 0 atom stereocenters. The van der Waals surface area contributed by atoms with E-state index >= 15 is 0 Å². The summed E-state index contributed by atoms with van der Waals surface area (Å²) in [5, 5.41) is 0. The minimum Gasteiger partial charge on any atom is -0.447 e. The third-order valence-electron chi connectivity index (χ3n) is 4.80. The van der Waals surface area contributed by atoms with Crippen molar-refractivity contribution in [1.82, 2.24) is 14.9 Å². The minimum atomic E-state index is -3.31. The number of piperazine rings is 1. The van der Waals surface area contributed by atoms with Gasteiger partial charge in [0, 0.05) is 44.2 Å². The van der Waals surface area contributed by atoms with Gasteiger partial charge in [0.15, 0.2) is 9.84 Å². The molecule has 0 N–H and O–H groups in total. The fraction of sp³-hybridized carbons (Fsp3) is 0.300. The Morgan fingerprint density at radius 2 is 1.79 bits per heavy atom. The molecule has 1 saturated heterocycles. The molecule has 0 unspecified atom stereocenters. The Balaban J connectivity index is 1.40. The van der Waals surface area contributed by atoms with Crippen molar-refractivity contribution in [2.75, 3.05) is 37.3 Å². The summed E-state index contributed by atoms with van der Waals surface area (Å²) in [6, 6.07) is 13.2. The molecule has 4 rings (SSSR count). The van der Waals surface area contributed by atoms with Crippen molar-refractivity contribution in [2.45, 2.75) is 11.4 Å². The van der Waals surface area contributed by atoms with Crippen LogP contribution in [0.3, 0.4) is 0 Å². The predicted octanol–water partition coefficient (Wildman–Crippen LogP) is 2.46. The summed E-state index contributed by atoms with van der Waals surface area (Å²) in [7, 11) is -3.31. The maximum absolute atomic E-state index is 12.0. The van der Waals surface area contributed by atoms with Crippen LogP contribution >= 0.6 is 0 Å². The summed E-state index contributed by atoms with van der Waals surface area (Å²) in [6.07, 6.45) is 4.54. The number of hydrogen-bond donors (Lipinski definition) is 0. The topological polar surface area (TPSA) is 79.5 Å². The van der Waals surface area contributed by atoms with Gasteiger partial charge < -0.3 is 9.32 Å². The largest absolute Gasteiger partial charge is 0.447 e. The number of pyridine rings is 1. The van der Waals surface area contributed by atoms with E-state index in [-0.39, 0.29) is 4.90 Å². The van der Waals surface area contributed by atoms with E-state index in [2.05, 4.69) is 14.9 Å². The van der Waals surface area contributed by atoms with Gasteiger partial charge in [-0.25, -0.2) is 18.4 Å². The van der Waals surface area contributed by atoms with Crippen LogP contribution in [0, 0.1) is 0 Å². The fourth-order valence-electron chi connectivity index (χ4n) is 3.34. The summed E-state index contributed by atoms with van der Waals surface area (Å²) in [6.45, 7) is 3.59. The Kier molecular flexibility index (Phi) is 5.15. The highest BCUT2D eigenvalue weighted by Crippen LogP contribution is 2.24. The number of benzene rings is 1.